The monoisotopic (exact) mass is 113 g/mol. The van der Waals surface area contributed by atoms with E-state index in [9.17, 15) is 0 Å². The van der Waals surface area contributed by atoms with E-state index in [-0.39, 0.29) is 16.4 Å². The molecule has 0 aromatic carbocycles. The second-order valence-electron chi connectivity index (χ2n) is 0.0833. The molecule has 0 saturated carbocycles. The molecule has 0 aromatic heterocycles. The molecule has 0 aliphatic rings. The Morgan fingerprint density at radius 2 is 1.00 bits per heavy atom. The first-order chi connectivity index (χ1) is 1.41. The Hall–Kier alpha value is -0.303. The van der Waals surface area contributed by atoms with Gasteiger partial charge in [0.05, 0.1) is 0 Å². The zero-order valence-corrected chi connectivity index (χ0v) is 3.76. The van der Waals surface area contributed by atoms with Crippen LogP contribution in [0.3, 0.4) is 0 Å². The van der Waals surface area contributed by atoms with Gasteiger partial charge in [-0.1, -0.05) is 0 Å². The van der Waals surface area contributed by atoms with Crippen LogP contribution in [0, 0.1) is 0 Å². The van der Waals surface area contributed by atoms with Crippen LogP contribution in [0.2, 0.25) is 0 Å². The highest BCUT2D eigenvalue weighted by molar-refractivity contribution is 5.94. The van der Waals surface area contributed by atoms with Gasteiger partial charge >= 0.3 is 9.29 Å². The zero-order valence-electron chi connectivity index (χ0n) is 2.76. The first-order valence-corrected chi connectivity index (χ1v) is 1.22. The minimum atomic E-state index is -1.42. The third-order valence-corrected chi connectivity index (χ3v) is 0. The van der Waals surface area contributed by atoms with Crippen molar-refractivity contribution in [3.05, 3.63) is 0 Å². The molecule has 5 nitrogen and oxygen atoms in total. The predicted molar refractivity (Wildman–Crippen MR) is 16.3 cm³/mol. The van der Waals surface area contributed by atoms with Crippen LogP contribution in [-0.2, 0) is 8.92 Å². The molecule has 0 aliphatic heterocycles. The Morgan fingerprint density at radius 3 is 1.00 bits per heavy atom. The summed E-state index contributed by atoms with van der Waals surface area (Å²) >= 11 is 0. The molecule has 0 radical (unpaired) electrons. The van der Waals surface area contributed by atoms with E-state index in [0.717, 1.165) is 0 Å². The Labute approximate surface area is 35.8 Å². The van der Waals surface area contributed by atoms with Crippen molar-refractivity contribution in [1.29, 1.82) is 0 Å². The molecule has 0 saturated heterocycles. The van der Waals surface area contributed by atoms with Crippen LogP contribution in [-0.4, -0.2) is 25.7 Å². The lowest BCUT2D eigenvalue weighted by Gasteiger charge is -0.944. The topological polar surface area (TPSA) is 127 Å². The average molecular weight is 113 g/mol. The Kier molecular flexibility index (Phi) is 962. The maximum atomic E-state index is 8.40. The van der Waals surface area contributed by atoms with E-state index >= 15 is 0 Å². The molecule has 0 amide bonds. The number of rotatable bonds is 0. The summed E-state index contributed by atoms with van der Waals surface area (Å²) in [5.74, 6) is 0. The standard InChI is InChI=1S/O2Si.3H2O/c1-3-2;;;/h;3*1H2/p-1. The molecule has 0 unspecified atom stereocenters. The fraction of sp³-hybridized carbons (Fsp3) is 0. The van der Waals surface area contributed by atoms with Crippen LogP contribution >= 0.6 is 0 Å². The summed E-state index contributed by atoms with van der Waals surface area (Å²) in [4.78, 5) is 0. The van der Waals surface area contributed by atoms with Crippen LogP contribution in [0.1, 0.15) is 0 Å². The largest absolute Gasteiger partial charge is 0.870 e. The first kappa shape index (κ1) is 43.6. The summed E-state index contributed by atoms with van der Waals surface area (Å²) in [5, 5.41) is 0. The van der Waals surface area contributed by atoms with Gasteiger partial charge in [-0.25, -0.2) is 0 Å². The summed E-state index contributed by atoms with van der Waals surface area (Å²) in [7, 11) is -1.42. The second-order valence-corrected chi connectivity index (χ2v) is 0.250. The van der Waals surface area contributed by atoms with Crippen LogP contribution < -0.4 is 0 Å². The van der Waals surface area contributed by atoms with Crippen LogP contribution in [0.15, 0.2) is 0 Å². The van der Waals surface area contributed by atoms with Crippen molar-refractivity contribution in [1.82, 2.24) is 0 Å². The number of hydrogen-bond acceptors (Lipinski definition) is 3. The molecule has 0 rings (SSSR count). The van der Waals surface area contributed by atoms with Crippen LogP contribution in [0.4, 0.5) is 0 Å². The molecule has 0 atom stereocenters. The molecule has 0 aromatic rings. The lowest BCUT2D eigenvalue weighted by molar-refractivity contribution is 0.497. The molecule has 0 aliphatic carbocycles. The van der Waals surface area contributed by atoms with E-state index in [4.69, 9.17) is 8.92 Å². The SMILES string of the molecule is O.O.O=[Si]=O.[OH-]. The normalized spacial score (nSPS) is 1.33. The third kappa shape index (κ3) is 293. The van der Waals surface area contributed by atoms with Gasteiger partial charge in [-0.15, -0.1) is 0 Å². The van der Waals surface area contributed by atoms with Crippen molar-refractivity contribution in [2.24, 2.45) is 0 Å². The molecule has 0 bridgehead atoms. The van der Waals surface area contributed by atoms with E-state index in [2.05, 4.69) is 0 Å². The molecule has 0 heterocycles. The van der Waals surface area contributed by atoms with Gasteiger partial charge in [0.2, 0.25) is 0 Å². The van der Waals surface area contributed by atoms with E-state index in [1.807, 2.05) is 0 Å². The first-order valence-electron chi connectivity index (χ1n) is 0.408. The van der Waals surface area contributed by atoms with Gasteiger partial charge in [0, 0.05) is 0 Å². The van der Waals surface area contributed by atoms with E-state index in [1.54, 1.807) is 0 Å². The van der Waals surface area contributed by atoms with Gasteiger partial charge in [0.1, 0.15) is 0 Å². The van der Waals surface area contributed by atoms with E-state index < -0.39 is 9.29 Å². The van der Waals surface area contributed by atoms with E-state index in [1.165, 1.54) is 0 Å². The van der Waals surface area contributed by atoms with Crippen LogP contribution in [0.5, 0.6) is 0 Å². The Morgan fingerprint density at radius 1 is 1.00 bits per heavy atom. The maximum absolute atomic E-state index is 8.40. The molecule has 40 valence electrons. The zero-order chi connectivity index (χ0) is 2.71. The Balaban J connectivity index is -0.00000000667. The van der Waals surface area contributed by atoms with Crippen molar-refractivity contribution in [2.45, 2.75) is 0 Å². The summed E-state index contributed by atoms with van der Waals surface area (Å²) in [6, 6.07) is 0. The van der Waals surface area contributed by atoms with Gasteiger partial charge in [-0.3, -0.25) is 8.92 Å². The van der Waals surface area contributed by atoms with Gasteiger partial charge in [0.25, 0.3) is 0 Å². The van der Waals surface area contributed by atoms with Crippen LogP contribution in [0.25, 0.3) is 0 Å². The fourth-order valence-electron chi connectivity index (χ4n) is 0. The lowest BCUT2D eigenvalue weighted by atomic mass is 15.9. The van der Waals surface area contributed by atoms with E-state index in [0.29, 0.717) is 0 Å². The van der Waals surface area contributed by atoms with Gasteiger partial charge in [-0.2, -0.15) is 0 Å². The van der Waals surface area contributed by atoms with Gasteiger partial charge < -0.3 is 16.4 Å². The molecule has 6 heteroatoms. The molecule has 5 N–H and O–H groups in total. The molecule has 0 spiro atoms. The summed E-state index contributed by atoms with van der Waals surface area (Å²) in [6.07, 6.45) is 0. The predicted octanol–water partition coefficient (Wildman–Crippen LogP) is -2.44. The van der Waals surface area contributed by atoms with Crippen molar-refractivity contribution < 1.29 is 25.4 Å². The van der Waals surface area contributed by atoms with Crippen molar-refractivity contribution >= 4 is 9.29 Å². The van der Waals surface area contributed by atoms with Gasteiger partial charge in [0.15, 0.2) is 0 Å². The fourth-order valence-corrected chi connectivity index (χ4v) is 0. The minimum absolute atomic E-state index is 0. The smallest absolute Gasteiger partial charge is 0.549 e. The highest BCUT2D eigenvalue weighted by Gasteiger charge is 1.22. The van der Waals surface area contributed by atoms with Crippen molar-refractivity contribution in [2.75, 3.05) is 0 Å². The molecule has 0 fully saturated rings. The lowest BCUT2D eigenvalue weighted by Crippen LogP contribution is -1.26. The summed E-state index contributed by atoms with van der Waals surface area (Å²) < 4.78 is 16.8. The second kappa shape index (κ2) is 132. The quantitative estimate of drug-likeness (QED) is 0.323. The third-order valence-electron chi connectivity index (χ3n) is 0. The molecular formula is H5O5Si-. The minimum Gasteiger partial charge on any atom is -0.870 e. The number of hydrogen-bond donors (Lipinski definition) is 0. The molecule has 6 heavy (non-hydrogen) atoms. The Bertz CT molecular complexity index is 24.9. The highest BCUT2D eigenvalue weighted by Crippen LogP contribution is 0.759. The van der Waals surface area contributed by atoms with Crippen molar-refractivity contribution in [3.63, 3.8) is 0 Å². The summed E-state index contributed by atoms with van der Waals surface area (Å²) in [6.45, 7) is 0. The maximum Gasteiger partial charge on any atom is 0.549 e. The molecular weight excluding hydrogens is 108 g/mol. The highest BCUT2D eigenvalue weighted by atomic mass is 28.2. The average Bonchev–Trinajstić information content (AvgIpc) is 0.918. The van der Waals surface area contributed by atoms with Crippen molar-refractivity contribution in [3.8, 4) is 0 Å². The van der Waals surface area contributed by atoms with Gasteiger partial charge in [-0.05, 0) is 0 Å². The summed E-state index contributed by atoms with van der Waals surface area (Å²) in [5.41, 5.74) is 0.